The molecule has 11 nitrogen and oxygen atoms in total. The fourth-order valence-corrected chi connectivity index (χ4v) is 5.72. The monoisotopic (exact) mass is 579 g/mol. The third kappa shape index (κ3) is 6.10. The van der Waals surface area contributed by atoms with Crippen molar-refractivity contribution in [1.82, 2.24) is 34.4 Å². The molecule has 0 unspecified atom stereocenters. The molecule has 0 atom stereocenters. The van der Waals surface area contributed by atoms with E-state index in [1.807, 2.05) is 65.9 Å². The highest BCUT2D eigenvalue weighted by molar-refractivity contribution is 5.87. The van der Waals surface area contributed by atoms with E-state index in [4.69, 9.17) is 24.5 Å². The van der Waals surface area contributed by atoms with Crippen LogP contribution in [0.2, 0.25) is 0 Å². The predicted molar refractivity (Wildman–Crippen MR) is 167 cm³/mol. The highest BCUT2D eigenvalue weighted by Gasteiger charge is 2.18. The van der Waals surface area contributed by atoms with Crippen LogP contribution < -0.4 is 10.2 Å². The van der Waals surface area contributed by atoms with Crippen LogP contribution in [0, 0.1) is 6.92 Å². The second kappa shape index (κ2) is 12.1. The number of benzene rings is 2. The van der Waals surface area contributed by atoms with E-state index < -0.39 is 0 Å². The van der Waals surface area contributed by atoms with Gasteiger partial charge in [-0.1, -0.05) is 12.1 Å². The Morgan fingerprint density at radius 2 is 1.60 bits per heavy atom. The highest BCUT2D eigenvalue weighted by Crippen LogP contribution is 2.29. The lowest BCUT2D eigenvalue weighted by Gasteiger charge is -2.27. The number of anilines is 3. The van der Waals surface area contributed by atoms with E-state index in [2.05, 4.69) is 38.4 Å². The fourth-order valence-electron chi connectivity index (χ4n) is 5.72. The van der Waals surface area contributed by atoms with Gasteiger partial charge in [0, 0.05) is 75.1 Å². The number of nitrogens with zero attached hydrogens (tertiary/aromatic N) is 8. The highest BCUT2D eigenvalue weighted by atomic mass is 16.5. The molecular formula is C32H37N9O2. The standard InChI is InChI=1S/C32H37N9O2/c1-23-9-12-41(36-23)26-6-4-25(5-7-26)33-31-22-29(34-32(35-31)40-15-19-43-20-16-40)24-3-8-27-28(37-38(2)30(27)21-24)10-11-39-13-17-42-18-14-39/h3-9,12,21-22H,10-11,13-20H2,1-2H3,(H,33,34,35). The van der Waals surface area contributed by atoms with E-state index in [-0.39, 0.29) is 0 Å². The van der Waals surface area contributed by atoms with Gasteiger partial charge < -0.3 is 19.7 Å². The van der Waals surface area contributed by atoms with Gasteiger partial charge in [0.25, 0.3) is 0 Å². The van der Waals surface area contributed by atoms with Gasteiger partial charge in [-0.15, -0.1) is 0 Å². The maximum atomic E-state index is 5.59. The Balaban J connectivity index is 1.17. The van der Waals surface area contributed by atoms with Crippen molar-refractivity contribution in [3.63, 3.8) is 0 Å². The summed E-state index contributed by atoms with van der Waals surface area (Å²) < 4.78 is 15.0. The number of morpholine rings is 2. The lowest BCUT2D eigenvalue weighted by molar-refractivity contribution is 0.0383. The predicted octanol–water partition coefficient (Wildman–Crippen LogP) is 3.98. The average Bonchev–Trinajstić information content (AvgIpc) is 3.63. The van der Waals surface area contributed by atoms with E-state index >= 15 is 0 Å². The molecule has 5 heterocycles. The first kappa shape index (κ1) is 27.5. The molecule has 0 saturated carbocycles. The number of fused-ring (bicyclic) bond motifs is 1. The van der Waals surface area contributed by atoms with E-state index in [1.165, 1.54) is 5.39 Å². The molecule has 2 aliphatic heterocycles. The van der Waals surface area contributed by atoms with Crippen LogP contribution in [0.4, 0.5) is 17.5 Å². The number of aryl methyl sites for hydroxylation is 2. The fraction of sp³-hybridized carbons (Fsp3) is 0.375. The van der Waals surface area contributed by atoms with E-state index in [1.54, 1.807) is 0 Å². The molecule has 2 saturated heterocycles. The molecule has 5 aromatic rings. The van der Waals surface area contributed by atoms with Gasteiger partial charge >= 0.3 is 0 Å². The van der Waals surface area contributed by atoms with Crippen LogP contribution in [0.15, 0.2) is 60.8 Å². The SMILES string of the molecule is Cc1ccn(-c2ccc(Nc3cc(-c4ccc5c(CCN6CCOCC6)nn(C)c5c4)nc(N4CCOCC4)n3)cc2)n1. The van der Waals surface area contributed by atoms with E-state index in [9.17, 15) is 0 Å². The minimum absolute atomic E-state index is 0.666. The molecular weight excluding hydrogens is 542 g/mol. The molecule has 222 valence electrons. The molecule has 7 rings (SSSR count). The maximum Gasteiger partial charge on any atom is 0.228 e. The third-order valence-electron chi connectivity index (χ3n) is 8.13. The maximum absolute atomic E-state index is 5.59. The summed E-state index contributed by atoms with van der Waals surface area (Å²) in [6.07, 6.45) is 2.88. The summed E-state index contributed by atoms with van der Waals surface area (Å²) in [4.78, 5) is 14.6. The number of rotatable bonds is 8. The summed E-state index contributed by atoms with van der Waals surface area (Å²) >= 11 is 0. The Morgan fingerprint density at radius 3 is 2.35 bits per heavy atom. The third-order valence-corrected chi connectivity index (χ3v) is 8.13. The normalized spacial score (nSPS) is 16.2. The van der Waals surface area contributed by atoms with Crippen LogP contribution in [-0.2, 0) is 22.9 Å². The van der Waals surface area contributed by atoms with Crippen LogP contribution >= 0.6 is 0 Å². The van der Waals surface area contributed by atoms with Gasteiger partial charge in [-0.25, -0.2) is 9.67 Å². The molecule has 2 fully saturated rings. The number of hydrogen-bond acceptors (Lipinski definition) is 9. The number of aromatic nitrogens is 6. The van der Waals surface area contributed by atoms with Gasteiger partial charge in [0.05, 0.1) is 54.7 Å². The summed E-state index contributed by atoms with van der Waals surface area (Å²) in [6, 6.07) is 18.7. The van der Waals surface area contributed by atoms with Crippen LogP contribution in [0.1, 0.15) is 11.4 Å². The summed E-state index contributed by atoms with van der Waals surface area (Å²) in [7, 11) is 2.02. The van der Waals surface area contributed by atoms with Crippen molar-refractivity contribution in [3.8, 4) is 16.9 Å². The second-order valence-electron chi connectivity index (χ2n) is 11.1. The van der Waals surface area contributed by atoms with Crippen molar-refractivity contribution < 1.29 is 9.47 Å². The topological polar surface area (TPSA) is 98.4 Å². The molecule has 0 bridgehead atoms. The Kier molecular flexibility index (Phi) is 7.75. The molecule has 2 aliphatic rings. The van der Waals surface area contributed by atoms with Gasteiger partial charge in [0.2, 0.25) is 5.95 Å². The first-order valence-electron chi connectivity index (χ1n) is 15.0. The zero-order valence-corrected chi connectivity index (χ0v) is 24.7. The van der Waals surface area contributed by atoms with Gasteiger partial charge in [-0.3, -0.25) is 9.58 Å². The molecule has 2 aromatic carbocycles. The van der Waals surface area contributed by atoms with Crippen LogP contribution in [-0.4, -0.2) is 93.6 Å². The molecule has 11 heteroatoms. The summed E-state index contributed by atoms with van der Waals surface area (Å²) in [5.74, 6) is 1.44. The second-order valence-corrected chi connectivity index (χ2v) is 11.1. The minimum Gasteiger partial charge on any atom is -0.379 e. The summed E-state index contributed by atoms with van der Waals surface area (Å²) in [5, 5.41) is 14.1. The number of hydrogen-bond donors (Lipinski definition) is 1. The van der Waals surface area contributed by atoms with Crippen LogP contribution in [0.3, 0.4) is 0 Å². The first-order valence-corrected chi connectivity index (χ1v) is 15.0. The molecule has 3 aromatic heterocycles. The van der Waals surface area contributed by atoms with Gasteiger partial charge in [0.15, 0.2) is 0 Å². The van der Waals surface area contributed by atoms with Crippen LogP contribution in [0.25, 0.3) is 27.8 Å². The molecule has 0 aliphatic carbocycles. The Hall–Kier alpha value is -4.32. The molecule has 1 N–H and O–H groups in total. The average molecular weight is 580 g/mol. The largest absolute Gasteiger partial charge is 0.379 e. The van der Waals surface area contributed by atoms with Gasteiger partial charge in [-0.2, -0.15) is 15.2 Å². The van der Waals surface area contributed by atoms with Gasteiger partial charge in [-0.05, 0) is 43.3 Å². The zero-order chi connectivity index (χ0) is 29.2. The lowest BCUT2D eigenvalue weighted by atomic mass is 10.1. The molecule has 43 heavy (non-hydrogen) atoms. The Morgan fingerprint density at radius 1 is 0.837 bits per heavy atom. The van der Waals surface area contributed by atoms with E-state index in [0.717, 1.165) is 97.7 Å². The van der Waals surface area contributed by atoms with Crippen LogP contribution in [0.5, 0.6) is 0 Å². The van der Waals surface area contributed by atoms with Crippen molar-refractivity contribution in [3.05, 3.63) is 72.2 Å². The molecule has 0 radical (unpaired) electrons. The van der Waals surface area contributed by atoms with Crippen molar-refractivity contribution in [2.24, 2.45) is 7.05 Å². The van der Waals surface area contributed by atoms with Gasteiger partial charge in [0.1, 0.15) is 5.82 Å². The summed E-state index contributed by atoms with van der Waals surface area (Å²) in [5.41, 5.74) is 7.05. The summed E-state index contributed by atoms with van der Waals surface area (Å²) in [6.45, 7) is 9.42. The zero-order valence-electron chi connectivity index (χ0n) is 24.7. The smallest absolute Gasteiger partial charge is 0.228 e. The lowest BCUT2D eigenvalue weighted by Crippen LogP contribution is -2.37. The number of nitrogens with one attached hydrogen (secondary N) is 1. The van der Waals surface area contributed by atoms with E-state index in [0.29, 0.717) is 19.2 Å². The molecule has 0 spiro atoms. The van der Waals surface area contributed by atoms with Crippen molar-refractivity contribution in [2.75, 3.05) is 69.4 Å². The van der Waals surface area contributed by atoms with Crippen molar-refractivity contribution in [1.29, 1.82) is 0 Å². The minimum atomic E-state index is 0.666. The quantitative estimate of drug-likeness (QED) is 0.293. The molecule has 0 amide bonds. The Bertz CT molecular complexity index is 1700. The first-order chi connectivity index (χ1) is 21.1. The Labute approximate surface area is 251 Å². The van der Waals surface area contributed by atoms with Crippen molar-refractivity contribution >= 4 is 28.4 Å². The van der Waals surface area contributed by atoms with Crippen molar-refractivity contribution in [2.45, 2.75) is 13.3 Å². The number of ether oxygens (including phenoxy) is 2.